The van der Waals surface area contributed by atoms with Gasteiger partial charge in [-0.15, -0.1) is 0 Å². The number of hydrazone groups is 1. The van der Waals surface area contributed by atoms with Crippen LogP contribution in [0.5, 0.6) is 0 Å². The number of benzene rings is 3. The molecule has 0 aliphatic carbocycles. The molecule has 4 rings (SSSR count). The standard InChI is InChI=1S/C23H22FN3O4S2/c1-16-6-3-4-9-23(16)33(30,31)27-22(18-7-5-8-19(24)14-18)15-21(25-27)17-10-12-20(13-11-17)26-32(2,28)29/h3-14,22,26H,15H2,1-2H3/t22-/m1/s1. The fraction of sp³-hybridized carbons (Fsp3) is 0.174. The molecule has 0 saturated carbocycles. The third-order valence-corrected chi connectivity index (χ3v) is 7.69. The van der Waals surface area contributed by atoms with Crippen molar-refractivity contribution >= 4 is 31.4 Å². The van der Waals surface area contributed by atoms with Crippen LogP contribution in [0.1, 0.15) is 29.2 Å². The molecule has 7 nitrogen and oxygen atoms in total. The van der Waals surface area contributed by atoms with E-state index in [0.29, 0.717) is 28.1 Å². The van der Waals surface area contributed by atoms with Crippen LogP contribution in [-0.4, -0.2) is 33.2 Å². The van der Waals surface area contributed by atoms with Crippen LogP contribution in [0.25, 0.3) is 0 Å². The minimum absolute atomic E-state index is 0.129. The minimum atomic E-state index is -4.02. The van der Waals surface area contributed by atoms with Crippen LogP contribution in [0.2, 0.25) is 0 Å². The van der Waals surface area contributed by atoms with Crippen molar-refractivity contribution in [2.75, 3.05) is 11.0 Å². The molecule has 1 heterocycles. The van der Waals surface area contributed by atoms with Crippen LogP contribution in [0.15, 0.2) is 82.8 Å². The van der Waals surface area contributed by atoms with Crippen molar-refractivity contribution in [2.24, 2.45) is 5.10 Å². The quantitative estimate of drug-likeness (QED) is 0.568. The Hall–Kier alpha value is -3.24. The molecule has 0 saturated heterocycles. The molecular formula is C23H22FN3O4S2. The zero-order valence-electron chi connectivity index (χ0n) is 17.9. The predicted molar refractivity (Wildman–Crippen MR) is 125 cm³/mol. The van der Waals surface area contributed by atoms with E-state index in [2.05, 4.69) is 9.82 Å². The first kappa shape index (κ1) is 22.9. The summed E-state index contributed by atoms with van der Waals surface area (Å²) in [6.07, 6.45) is 1.28. The first-order chi connectivity index (χ1) is 15.5. The Morgan fingerprint density at radius 2 is 1.67 bits per heavy atom. The summed E-state index contributed by atoms with van der Waals surface area (Å²) in [6, 6.07) is 18.2. The molecule has 0 spiro atoms. The number of nitrogens with one attached hydrogen (secondary N) is 1. The Labute approximate surface area is 192 Å². The lowest BCUT2D eigenvalue weighted by atomic mass is 9.99. The van der Waals surface area contributed by atoms with Gasteiger partial charge >= 0.3 is 0 Å². The summed E-state index contributed by atoms with van der Waals surface area (Å²) in [5.41, 5.74) is 2.58. The number of anilines is 1. The van der Waals surface area contributed by atoms with E-state index in [0.717, 1.165) is 10.7 Å². The Balaban J connectivity index is 1.76. The van der Waals surface area contributed by atoms with E-state index in [9.17, 15) is 21.2 Å². The van der Waals surface area contributed by atoms with Gasteiger partial charge in [-0.25, -0.2) is 12.8 Å². The van der Waals surface area contributed by atoms with Gasteiger partial charge in [0.25, 0.3) is 10.0 Å². The average molecular weight is 488 g/mol. The van der Waals surface area contributed by atoms with Crippen molar-refractivity contribution in [1.29, 1.82) is 0 Å². The molecule has 1 aliphatic heterocycles. The van der Waals surface area contributed by atoms with Crippen LogP contribution in [0.3, 0.4) is 0 Å². The number of halogens is 1. The third kappa shape index (κ3) is 4.91. The van der Waals surface area contributed by atoms with Crippen molar-refractivity contribution in [3.05, 3.63) is 95.3 Å². The summed E-state index contributed by atoms with van der Waals surface area (Å²) >= 11 is 0. The highest BCUT2D eigenvalue weighted by atomic mass is 32.2. The lowest BCUT2D eigenvalue weighted by molar-refractivity contribution is 0.370. The Morgan fingerprint density at radius 3 is 2.30 bits per heavy atom. The molecule has 1 N–H and O–H groups in total. The normalized spacial score (nSPS) is 16.5. The van der Waals surface area contributed by atoms with Crippen molar-refractivity contribution in [3.8, 4) is 0 Å². The molecule has 172 valence electrons. The monoisotopic (exact) mass is 487 g/mol. The molecule has 0 radical (unpaired) electrons. The van der Waals surface area contributed by atoms with E-state index in [1.54, 1.807) is 55.5 Å². The molecule has 0 fully saturated rings. The summed E-state index contributed by atoms with van der Waals surface area (Å²) in [7, 11) is -7.45. The van der Waals surface area contributed by atoms with Crippen molar-refractivity contribution in [2.45, 2.75) is 24.3 Å². The smallest absolute Gasteiger partial charge is 0.279 e. The first-order valence-corrected chi connectivity index (χ1v) is 13.4. The van der Waals surface area contributed by atoms with Gasteiger partial charge in [0.15, 0.2) is 0 Å². The van der Waals surface area contributed by atoms with Crippen LogP contribution in [0, 0.1) is 12.7 Å². The second-order valence-corrected chi connectivity index (χ2v) is 11.3. The molecule has 0 bridgehead atoms. The lowest BCUT2D eigenvalue weighted by Gasteiger charge is -2.24. The zero-order valence-corrected chi connectivity index (χ0v) is 19.6. The molecule has 1 aliphatic rings. The van der Waals surface area contributed by atoms with Crippen molar-refractivity contribution < 1.29 is 21.2 Å². The number of nitrogens with zero attached hydrogens (tertiary/aromatic N) is 2. The summed E-state index contributed by atoms with van der Waals surface area (Å²) in [4.78, 5) is 0.129. The lowest BCUT2D eigenvalue weighted by Crippen LogP contribution is -2.28. The van der Waals surface area contributed by atoms with Crippen molar-refractivity contribution in [3.63, 3.8) is 0 Å². The molecule has 0 aromatic heterocycles. The maximum atomic E-state index is 14.0. The molecule has 3 aromatic carbocycles. The van der Waals surface area contributed by atoms with Crippen LogP contribution in [-0.2, 0) is 20.0 Å². The van der Waals surface area contributed by atoms with E-state index in [1.165, 1.54) is 24.3 Å². The summed E-state index contributed by atoms with van der Waals surface area (Å²) < 4.78 is 67.4. The predicted octanol–water partition coefficient (Wildman–Crippen LogP) is 4.05. The Morgan fingerprint density at radius 1 is 0.970 bits per heavy atom. The van der Waals surface area contributed by atoms with Gasteiger partial charge in [0, 0.05) is 12.1 Å². The number of hydrogen-bond donors (Lipinski definition) is 1. The number of hydrogen-bond acceptors (Lipinski definition) is 5. The van der Waals surface area contributed by atoms with Gasteiger partial charge in [0.1, 0.15) is 5.82 Å². The van der Waals surface area contributed by atoms with Gasteiger partial charge in [-0.1, -0.05) is 42.5 Å². The van der Waals surface area contributed by atoms with Gasteiger partial charge in [0.05, 0.1) is 22.9 Å². The number of sulfonamides is 2. The van der Waals surface area contributed by atoms with E-state index in [4.69, 9.17) is 0 Å². The fourth-order valence-corrected chi connectivity index (χ4v) is 5.97. The minimum Gasteiger partial charge on any atom is -0.284 e. The Kier molecular flexibility index (Phi) is 5.98. The molecule has 0 amide bonds. The van der Waals surface area contributed by atoms with E-state index in [-0.39, 0.29) is 11.3 Å². The third-order valence-electron chi connectivity index (χ3n) is 5.25. The Bertz CT molecular complexity index is 1440. The average Bonchev–Trinajstić information content (AvgIpc) is 3.20. The van der Waals surface area contributed by atoms with Gasteiger partial charge in [-0.3, -0.25) is 4.72 Å². The zero-order chi connectivity index (χ0) is 23.8. The summed E-state index contributed by atoms with van der Waals surface area (Å²) in [5.74, 6) is -0.467. The molecule has 3 aromatic rings. The number of rotatable bonds is 6. The van der Waals surface area contributed by atoms with Gasteiger partial charge < -0.3 is 0 Å². The van der Waals surface area contributed by atoms with Gasteiger partial charge in [0.2, 0.25) is 10.0 Å². The van der Waals surface area contributed by atoms with Crippen LogP contribution < -0.4 is 4.72 Å². The molecule has 10 heteroatoms. The highest BCUT2D eigenvalue weighted by Gasteiger charge is 2.38. The van der Waals surface area contributed by atoms with Gasteiger partial charge in [-0.2, -0.15) is 17.9 Å². The fourth-order valence-electron chi connectivity index (χ4n) is 3.74. The summed E-state index contributed by atoms with van der Waals surface area (Å²) in [6.45, 7) is 1.71. The topological polar surface area (TPSA) is 95.9 Å². The highest BCUT2D eigenvalue weighted by molar-refractivity contribution is 7.92. The first-order valence-electron chi connectivity index (χ1n) is 10.1. The van der Waals surface area contributed by atoms with Crippen LogP contribution >= 0.6 is 0 Å². The molecule has 1 atom stereocenters. The maximum Gasteiger partial charge on any atom is 0.279 e. The summed E-state index contributed by atoms with van der Waals surface area (Å²) in [5, 5.41) is 4.44. The molecule has 33 heavy (non-hydrogen) atoms. The highest BCUT2D eigenvalue weighted by Crippen LogP contribution is 2.38. The largest absolute Gasteiger partial charge is 0.284 e. The second kappa shape index (κ2) is 8.60. The maximum absolute atomic E-state index is 14.0. The number of aryl methyl sites for hydroxylation is 1. The van der Waals surface area contributed by atoms with E-state index in [1.807, 2.05) is 0 Å². The second-order valence-electron chi connectivity index (χ2n) is 7.82. The van der Waals surface area contributed by atoms with E-state index >= 15 is 0 Å². The van der Waals surface area contributed by atoms with Gasteiger partial charge in [-0.05, 0) is 53.9 Å². The van der Waals surface area contributed by atoms with Crippen LogP contribution in [0.4, 0.5) is 10.1 Å². The SMILES string of the molecule is Cc1ccccc1S(=O)(=O)N1N=C(c2ccc(NS(C)(=O)=O)cc2)C[C@@H]1c1cccc(F)c1. The van der Waals surface area contributed by atoms with Crippen molar-refractivity contribution in [1.82, 2.24) is 4.41 Å². The van der Waals surface area contributed by atoms with E-state index < -0.39 is 31.9 Å². The molecule has 0 unspecified atom stereocenters. The molecular weight excluding hydrogens is 465 g/mol.